The van der Waals surface area contributed by atoms with Crippen molar-refractivity contribution in [3.63, 3.8) is 0 Å². The van der Waals surface area contributed by atoms with E-state index in [1.165, 1.54) is 13.0 Å². The van der Waals surface area contributed by atoms with Gasteiger partial charge in [-0.1, -0.05) is 78.9 Å². The monoisotopic (exact) mass is 843 g/mol. The minimum Gasteiger partial charge on any atom is -0.481 e. The molecule has 0 aliphatic carbocycles. The molecule has 3 N–H and O–H groups in total. The first-order chi connectivity index (χ1) is 27.8. The zero-order chi connectivity index (χ0) is 44.0. The average Bonchev–Trinajstić information content (AvgIpc) is 3.67. The number of aromatic nitrogens is 1. The zero-order valence-corrected chi connectivity index (χ0v) is 37.9. The van der Waals surface area contributed by atoms with Crippen molar-refractivity contribution >= 4 is 41.0 Å². The van der Waals surface area contributed by atoms with Crippen LogP contribution >= 0.6 is 11.3 Å². The zero-order valence-electron chi connectivity index (χ0n) is 37.1. The van der Waals surface area contributed by atoms with E-state index in [-0.39, 0.29) is 60.5 Å². The van der Waals surface area contributed by atoms with Crippen molar-refractivity contribution in [2.24, 2.45) is 17.3 Å². The third-order valence-corrected chi connectivity index (χ3v) is 12.7. The molecular weight excluding hydrogens is 774 g/mol. The molecule has 14 heteroatoms. The molecule has 59 heavy (non-hydrogen) atoms. The van der Waals surface area contributed by atoms with E-state index in [9.17, 15) is 33.5 Å². The molecule has 2 aromatic rings. The van der Waals surface area contributed by atoms with Crippen molar-refractivity contribution in [1.82, 2.24) is 25.4 Å². The Morgan fingerprint density at radius 3 is 2.39 bits per heavy atom. The number of piperidine rings is 1. The number of thiazole rings is 1. The van der Waals surface area contributed by atoms with Crippen LogP contribution in [-0.4, -0.2) is 93.9 Å². The molecule has 1 aliphatic heterocycles. The lowest BCUT2D eigenvalue weighted by Gasteiger charge is -2.40. The van der Waals surface area contributed by atoms with E-state index >= 15 is 0 Å². The van der Waals surface area contributed by atoms with Gasteiger partial charge in [0.15, 0.2) is 6.10 Å². The van der Waals surface area contributed by atoms with Crippen LogP contribution in [0.3, 0.4) is 0 Å². The first kappa shape index (κ1) is 49.5. The fraction of sp³-hybridized carbons (Fsp3) is 0.689. The van der Waals surface area contributed by atoms with Crippen LogP contribution in [0.1, 0.15) is 152 Å². The molecule has 6 atom stereocenters. The van der Waals surface area contributed by atoms with Crippen LogP contribution in [0.25, 0.3) is 0 Å². The Kier molecular flexibility index (Phi) is 19.4. The van der Waals surface area contributed by atoms with Gasteiger partial charge in [0.1, 0.15) is 22.6 Å². The molecule has 3 rings (SSSR count). The normalized spacial score (nSPS) is 17.4. The van der Waals surface area contributed by atoms with E-state index in [0.717, 1.165) is 62.8 Å². The topological polar surface area (TPSA) is 158 Å². The summed E-state index contributed by atoms with van der Waals surface area (Å²) in [5, 5.41) is 17.9. The second-order valence-electron chi connectivity index (χ2n) is 17.5. The van der Waals surface area contributed by atoms with Gasteiger partial charge < -0.3 is 25.4 Å². The van der Waals surface area contributed by atoms with Crippen molar-refractivity contribution in [1.29, 1.82) is 0 Å². The maximum absolute atomic E-state index is 14.9. The average molecular weight is 844 g/mol. The molecule has 2 heterocycles. The van der Waals surface area contributed by atoms with E-state index in [2.05, 4.69) is 27.4 Å². The quantitative estimate of drug-likeness (QED) is 0.0748. The van der Waals surface area contributed by atoms with Gasteiger partial charge in [0.05, 0.1) is 11.5 Å². The molecular formula is C45H70FN5O7S. The van der Waals surface area contributed by atoms with Crippen molar-refractivity contribution in [2.45, 2.75) is 163 Å². The second-order valence-corrected chi connectivity index (χ2v) is 18.4. The molecule has 1 fully saturated rings. The van der Waals surface area contributed by atoms with Crippen molar-refractivity contribution < 1.29 is 38.2 Å². The molecule has 0 spiro atoms. The van der Waals surface area contributed by atoms with Gasteiger partial charge in [-0.05, 0) is 95.5 Å². The summed E-state index contributed by atoms with van der Waals surface area (Å²) < 4.78 is 20.4. The number of hydrogen-bond donors (Lipinski definition) is 3. The second kappa shape index (κ2) is 23.2. The summed E-state index contributed by atoms with van der Waals surface area (Å²) in [6, 6.07) is 2.68. The predicted octanol–water partition coefficient (Wildman–Crippen LogP) is 7.88. The third kappa shape index (κ3) is 14.7. The van der Waals surface area contributed by atoms with Gasteiger partial charge in [-0.3, -0.25) is 28.9 Å². The number of amides is 3. The Morgan fingerprint density at radius 1 is 1.08 bits per heavy atom. The summed E-state index contributed by atoms with van der Waals surface area (Å²) in [5.41, 5.74) is -0.0376. The SMILES string of the molecule is CCCCCCN(C(=O)[C@@H](NC(=O)[C@H]1CCCCN1C)[C@@H](C)CC)[C@H](C[C@@H](OC(C)=O)c1nc(C(=O)N[C@@H](Cc2ccc(C)c(F)c2)CC(C)(C)C(=O)O)cs1)C(C)C. The predicted molar refractivity (Wildman–Crippen MR) is 230 cm³/mol. The molecule has 0 radical (unpaired) electrons. The number of benzene rings is 1. The first-order valence-electron chi connectivity index (χ1n) is 21.5. The number of likely N-dealkylation sites (tertiary alicyclic amines) is 1. The van der Waals surface area contributed by atoms with E-state index < -0.39 is 47.5 Å². The van der Waals surface area contributed by atoms with Crippen LogP contribution in [0.5, 0.6) is 0 Å². The number of rotatable bonds is 23. The van der Waals surface area contributed by atoms with Gasteiger partial charge in [0.25, 0.3) is 5.91 Å². The Bertz CT molecular complexity index is 1720. The summed E-state index contributed by atoms with van der Waals surface area (Å²) in [6.45, 7) is 17.6. The van der Waals surface area contributed by atoms with Crippen molar-refractivity contribution in [3.05, 3.63) is 51.2 Å². The Morgan fingerprint density at radius 2 is 1.80 bits per heavy atom. The maximum atomic E-state index is 14.9. The number of nitrogens with zero attached hydrogens (tertiary/aromatic N) is 3. The number of ether oxygens (including phenoxy) is 1. The van der Waals surface area contributed by atoms with Crippen LogP contribution in [0.2, 0.25) is 0 Å². The lowest BCUT2D eigenvalue weighted by Crippen LogP contribution is -2.59. The fourth-order valence-corrected chi connectivity index (χ4v) is 8.61. The number of esters is 1. The van der Waals surface area contributed by atoms with E-state index in [1.54, 1.807) is 38.3 Å². The molecule has 330 valence electrons. The number of carboxylic acid groups (broad SMARTS) is 1. The number of aryl methyl sites for hydroxylation is 1. The summed E-state index contributed by atoms with van der Waals surface area (Å²) >= 11 is 1.16. The highest BCUT2D eigenvalue weighted by atomic mass is 32.1. The molecule has 1 aromatic carbocycles. The molecule has 12 nitrogen and oxygen atoms in total. The Hall–Kier alpha value is -3.91. The van der Waals surface area contributed by atoms with Gasteiger partial charge in [0.2, 0.25) is 11.8 Å². The smallest absolute Gasteiger partial charge is 0.309 e. The minimum absolute atomic E-state index is 0.0659. The number of carboxylic acids is 1. The summed E-state index contributed by atoms with van der Waals surface area (Å²) in [6.07, 6.45) is 6.76. The van der Waals surface area contributed by atoms with Crippen LogP contribution in [0.15, 0.2) is 23.6 Å². The third-order valence-electron chi connectivity index (χ3n) is 11.7. The van der Waals surface area contributed by atoms with Gasteiger partial charge >= 0.3 is 11.9 Å². The first-order valence-corrected chi connectivity index (χ1v) is 22.4. The fourth-order valence-electron chi connectivity index (χ4n) is 7.77. The number of carbonyl (C=O) groups excluding carboxylic acids is 4. The molecule has 0 bridgehead atoms. The van der Waals surface area contributed by atoms with Crippen LogP contribution in [0.4, 0.5) is 4.39 Å². The Labute approximate surface area is 355 Å². The Balaban J connectivity index is 1.95. The lowest BCUT2D eigenvalue weighted by molar-refractivity contribution is -0.150. The lowest BCUT2D eigenvalue weighted by atomic mass is 9.83. The summed E-state index contributed by atoms with van der Waals surface area (Å²) in [4.78, 5) is 75.7. The summed E-state index contributed by atoms with van der Waals surface area (Å²) in [7, 11) is 1.95. The number of likely N-dealkylation sites (N-methyl/N-ethyl adjacent to an activating group) is 1. The van der Waals surface area contributed by atoms with Crippen molar-refractivity contribution in [2.75, 3.05) is 20.1 Å². The molecule has 0 unspecified atom stereocenters. The highest BCUT2D eigenvalue weighted by Crippen LogP contribution is 2.32. The molecule has 0 saturated carbocycles. The molecule has 1 aliphatic rings. The molecule has 1 aromatic heterocycles. The van der Waals surface area contributed by atoms with Crippen LogP contribution < -0.4 is 10.6 Å². The summed E-state index contributed by atoms with van der Waals surface area (Å²) in [5.74, 6) is -3.01. The van der Waals surface area contributed by atoms with Crippen LogP contribution in [0, 0.1) is 30.0 Å². The van der Waals surface area contributed by atoms with Crippen LogP contribution in [-0.2, 0) is 30.3 Å². The van der Waals surface area contributed by atoms with E-state index in [1.807, 2.05) is 39.6 Å². The van der Waals surface area contributed by atoms with Gasteiger partial charge in [-0.15, -0.1) is 11.3 Å². The molecule has 1 saturated heterocycles. The number of hydrogen-bond acceptors (Lipinski definition) is 9. The van der Waals surface area contributed by atoms with Gasteiger partial charge in [0, 0.05) is 37.4 Å². The number of nitrogens with one attached hydrogen (secondary N) is 2. The highest BCUT2D eigenvalue weighted by Gasteiger charge is 2.39. The number of unbranched alkanes of at least 4 members (excludes halogenated alkanes) is 3. The minimum atomic E-state index is -1.19. The maximum Gasteiger partial charge on any atom is 0.309 e. The van der Waals surface area contributed by atoms with Gasteiger partial charge in [-0.2, -0.15) is 0 Å². The van der Waals surface area contributed by atoms with E-state index in [4.69, 9.17) is 4.74 Å². The largest absolute Gasteiger partial charge is 0.481 e. The number of aliphatic carboxylic acids is 1. The number of halogens is 1. The highest BCUT2D eigenvalue weighted by molar-refractivity contribution is 7.09. The number of carbonyl (C=O) groups is 5. The standard InChI is InChI=1S/C45H70FN5O7S/c1-11-13-14-16-22-51(43(55)39(29(5)12-2)49-41(54)36-18-15-17-21-50(36)10)37(28(3)4)25-38(58-31(7)52)42-48-35(27-59-42)40(53)47-33(26-45(8,9)44(56)57)23-32-20-19-30(6)34(46)24-32/h19-20,24,27-29,33,36-39H,11-18,21-23,25-26H2,1-10H3,(H,47,53)(H,49,54)(H,56,57)/t29-,33-,36+,37+,38+,39-/m0/s1. The van der Waals surface area contributed by atoms with Crippen molar-refractivity contribution in [3.8, 4) is 0 Å². The molecule has 3 amide bonds. The van der Waals surface area contributed by atoms with Gasteiger partial charge in [-0.25, -0.2) is 9.37 Å². The van der Waals surface area contributed by atoms with E-state index in [0.29, 0.717) is 29.1 Å².